The van der Waals surface area contributed by atoms with Crippen LogP contribution in [0.5, 0.6) is 5.75 Å². The quantitative estimate of drug-likeness (QED) is 0.444. The molecule has 3 fully saturated rings. The highest BCUT2D eigenvalue weighted by Gasteiger charge is 2.41. The van der Waals surface area contributed by atoms with Crippen molar-refractivity contribution in [1.29, 1.82) is 0 Å². The smallest absolute Gasteiger partial charge is 0.169 e. The Kier molecular flexibility index (Phi) is 6.30. The fourth-order valence-electron chi connectivity index (χ4n) is 6.12. The molecule has 2 atom stereocenters. The molecule has 3 aromatic rings. The lowest BCUT2D eigenvalue weighted by Gasteiger charge is -2.46. The Bertz CT molecular complexity index is 1380. The topological polar surface area (TPSA) is 115 Å². The van der Waals surface area contributed by atoms with Gasteiger partial charge in [-0.05, 0) is 49.1 Å². The van der Waals surface area contributed by atoms with Crippen molar-refractivity contribution in [2.45, 2.75) is 31.8 Å². The number of nitrogen functional groups attached to an aromatic ring is 1. The number of phenolic OH excluding ortho intramolecular Hbond substituents is 1. The highest BCUT2D eigenvalue weighted by atomic mass is 16.3. The number of fused-ring (bicyclic) bond motifs is 2. The summed E-state index contributed by atoms with van der Waals surface area (Å²) in [4.78, 5) is 11.6. The van der Waals surface area contributed by atoms with Crippen LogP contribution in [0, 0.1) is 17.3 Å². The molecule has 3 aliphatic heterocycles. The largest absolute Gasteiger partial charge is 0.507 e. The summed E-state index contributed by atoms with van der Waals surface area (Å²) in [6, 6.07) is 13.9. The fraction of sp³-hybridized carbons (Fsp3) is 0.414. The van der Waals surface area contributed by atoms with Crippen molar-refractivity contribution >= 4 is 17.2 Å². The third-order valence-corrected chi connectivity index (χ3v) is 7.96. The van der Waals surface area contributed by atoms with Gasteiger partial charge in [-0.15, -0.1) is 10.2 Å². The second-order valence-corrected chi connectivity index (χ2v) is 11.0. The first-order valence-corrected chi connectivity index (χ1v) is 13.2. The maximum absolute atomic E-state index is 10.3. The standard InChI is InChI=1S/C29H33N7O2/c1-29(19-37)17-34(18-29)12-4-5-20-13-21(10-11-31-20)36-22-8-9-23(36)16-35(15-22)26-14-25(32-33-28(26)30)24-6-2-3-7-27(24)38/h2-3,6-7,10-11,13-14,22-23,37-38H,8-9,12,15-19H2,1H3,(H2,30,33). The Balaban J connectivity index is 1.16. The number of aromatic nitrogens is 3. The molecule has 3 aliphatic rings. The molecule has 0 saturated carbocycles. The molecule has 9 nitrogen and oxygen atoms in total. The summed E-state index contributed by atoms with van der Waals surface area (Å²) in [5.41, 5.74) is 10.4. The molecule has 3 saturated heterocycles. The van der Waals surface area contributed by atoms with Crippen LogP contribution >= 0.6 is 0 Å². The Morgan fingerprint density at radius 2 is 1.84 bits per heavy atom. The molecule has 0 spiro atoms. The van der Waals surface area contributed by atoms with Gasteiger partial charge in [0.1, 0.15) is 11.4 Å². The summed E-state index contributed by atoms with van der Waals surface area (Å²) < 4.78 is 0. The molecule has 0 aliphatic carbocycles. The molecule has 196 valence electrons. The van der Waals surface area contributed by atoms with E-state index in [4.69, 9.17) is 5.73 Å². The SMILES string of the molecule is CC1(CO)CN(CC#Cc2cc(N3C4CCC3CN(c3cc(-c5ccccc5O)nnc3N)C4)ccn2)C1. The molecule has 5 heterocycles. The van der Waals surface area contributed by atoms with Crippen LogP contribution in [0.1, 0.15) is 25.5 Å². The first-order chi connectivity index (χ1) is 18.4. The van der Waals surface area contributed by atoms with Crippen LogP contribution in [0.2, 0.25) is 0 Å². The van der Waals surface area contributed by atoms with Gasteiger partial charge in [0.2, 0.25) is 0 Å². The lowest BCUT2D eigenvalue weighted by Crippen LogP contribution is -2.56. The maximum Gasteiger partial charge on any atom is 0.169 e. The molecule has 0 radical (unpaired) electrons. The van der Waals surface area contributed by atoms with Gasteiger partial charge in [0, 0.05) is 61.1 Å². The first kappa shape index (κ1) is 24.5. The number of nitrogens with two attached hydrogens (primary N) is 1. The molecule has 4 N–H and O–H groups in total. The van der Waals surface area contributed by atoms with E-state index >= 15 is 0 Å². The normalized spacial score (nSPS) is 22.1. The lowest BCUT2D eigenvalue weighted by atomic mass is 9.83. The molecule has 9 heteroatoms. The zero-order valence-corrected chi connectivity index (χ0v) is 21.6. The van der Waals surface area contributed by atoms with Crippen LogP contribution in [0.3, 0.4) is 0 Å². The van der Waals surface area contributed by atoms with Gasteiger partial charge in [-0.25, -0.2) is 4.98 Å². The first-order valence-electron chi connectivity index (χ1n) is 13.2. The van der Waals surface area contributed by atoms with Crippen LogP contribution in [-0.2, 0) is 0 Å². The van der Waals surface area contributed by atoms with Gasteiger partial charge in [-0.3, -0.25) is 4.90 Å². The number of hydrogen-bond donors (Lipinski definition) is 3. The van der Waals surface area contributed by atoms with Gasteiger partial charge in [0.15, 0.2) is 5.82 Å². The summed E-state index contributed by atoms with van der Waals surface area (Å²) in [6.45, 7) is 6.43. The predicted molar refractivity (Wildman–Crippen MR) is 148 cm³/mol. The predicted octanol–water partition coefficient (Wildman–Crippen LogP) is 2.35. The molecular weight excluding hydrogens is 478 g/mol. The van der Waals surface area contributed by atoms with Gasteiger partial charge in [-0.1, -0.05) is 25.0 Å². The molecule has 2 aromatic heterocycles. The number of phenols is 1. The number of piperazine rings is 1. The molecule has 2 bridgehead atoms. The van der Waals surface area contributed by atoms with Crippen molar-refractivity contribution in [2.24, 2.45) is 5.41 Å². The highest BCUT2D eigenvalue weighted by Crippen LogP contribution is 2.39. The number of hydrogen-bond acceptors (Lipinski definition) is 9. The lowest BCUT2D eigenvalue weighted by molar-refractivity contribution is -0.0183. The van der Waals surface area contributed by atoms with Crippen molar-refractivity contribution < 1.29 is 10.2 Å². The van der Waals surface area contributed by atoms with Crippen molar-refractivity contribution in [3.8, 4) is 28.8 Å². The van der Waals surface area contributed by atoms with E-state index < -0.39 is 0 Å². The third kappa shape index (κ3) is 4.62. The summed E-state index contributed by atoms with van der Waals surface area (Å²) in [7, 11) is 0. The fourth-order valence-corrected chi connectivity index (χ4v) is 6.12. The molecule has 1 aromatic carbocycles. The van der Waals surface area contributed by atoms with E-state index in [0.717, 1.165) is 56.1 Å². The van der Waals surface area contributed by atoms with E-state index in [0.29, 0.717) is 35.7 Å². The minimum absolute atomic E-state index is 0.0170. The number of nitrogens with zero attached hydrogens (tertiary/aromatic N) is 6. The molecule has 6 rings (SSSR count). The second kappa shape index (κ2) is 9.78. The Labute approximate surface area is 222 Å². The van der Waals surface area contributed by atoms with Gasteiger partial charge in [0.25, 0.3) is 0 Å². The monoisotopic (exact) mass is 511 g/mol. The van der Waals surface area contributed by atoms with Gasteiger partial charge < -0.3 is 25.7 Å². The van der Waals surface area contributed by atoms with Crippen LogP contribution in [0.4, 0.5) is 17.2 Å². The number of aromatic hydroxyl groups is 1. The number of likely N-dealkylation sites (tertiary alicyclic amines) is 1. The Hall–Kier alpha value is -3.87. The number of aliphatic hydroxyl groups is 1. The zero-order chi connectivity index (χ0) is 26.3. The minimum atomic E-state index is 0.0170. The van der Waals surface area contributed by atoms with E-state index in [-0.39, 0.29) is 17.8 Å². The second-order valence-electron chi connectivity index (χ2n) is 11.0. The van der Waals surface area contributed by atoms with Crippen molar-refractivity contribution in [3.63, 3.8) is 0 Å². The average molecular weight is 512 g/mol. The van der Waals surface area contributed by atoms with Crippen molar-refractivity contribution in [2.75, 3.05) is 54.9 Å². The van der Waals surface area contributed by atoms with Gasteiger partial charge in [-0.2, -0.15) is 0 Å². The van der Waals surface area contributed by atoms with E-state index in [9.17, 15) is 10.2 Å². The van der Waals surface area contributed by atoms with E-state index in [1.807, 2.05) is 24.4 Å². The van der Waals surface area contributed by atoms with Gasteiger partial charge >= 0.3 is 0 Å². The van der Waals surface area contributed by atoms with Crippen LogP contribution in [-0.4, -0.2) is 81.7 Å². The number of rotatable bonds is 5. The summed E-state index contributed by atoms with van der Waals surface area (Å²) in [5.74, 6) is 7.06. The highest BCUT2D eigenvalue weighted by molar-refractivity contribution is 5.74. The molecule has 2 unspecified atom stereocenters. The Morgan fingerprint density at radius 1 is 1.08 bits per heavy atom. The minimum Gasteiger partial charge on any atom is -0.507 e. The van der Waals surface area contributed by atoms with Crippen LogP contribution in [0.15, 0.2) is 48.7 Å². The number of pyridine rings is 1. The summed E-state index contributed by atoms with van der Waals surface area (Å²) in [6.07, 6.45) is 4.06. The van der Waals surface area contributed by atoms with Gasteiger partial charge in [0.05, 0.1) is 24.5 Å². The average Bonchev–Trinajstić information content (AvgIpc) is 3.17. The van der Waals surface area contributed by atoms with Crippen LogP contribution in [0.25, 0.3) is 11.3 Å². The number of aliphatic hydroxyl groups excluding tert-OH is 1. The van der Waals surface area contributed by atoms with Crippen LogP contribution < -0.4 is 15.5 Å². The van der Waals surface area contributed by atoms with E-state index in [1.165, 1.54) is 0 Å². The number of anilines is 3. The summed E-state index contributed by atoms with van der Waals surface area (Å²) >= 11 is 0. The maximum atomic E-state index is 10.3. The zero-order valence-electron chi connectivity index (χ0n) is 21.6. The molecule has 38 heavy (non-hydrogen) atoms. The summed E-state index contributed by atoms with van der Waals surface area (Å²) in [5, 5.41) is 28.2. The number of benzene rings is 1. The molecule has 0 amide bonds. The van der Waals surface area contributed by atoms with E-state index in [2.05, 4.69) is 60.8 Å². The van der Waals surface area contributed by atoms with Crippen molar-refractivity contribution in [1.82, 2.24) is 20.1 Å². The van der Waals surface area contributed by atoms with Crippen molar-refractivity contribution in [3.05, 3.63) is 54.4 Å². The third-order valence-electron chi connectivity index (χ3n) is 7.96. The molecular formula is C29H33N7O2. The number of para-hydroxylation sites is 1. The van der Waals surface area contributed by atoms with E-state index in [1.54, 1.807) is 12.1 Å². The Morgan fingerprint density at radius 3 is 2.58 bits per heavy atom.